The van der Waals surface area contributed by atoms with Crippen LogP contribution in [-0.2, 0) is 6.54 Å². The molecule has 0 saturated heterocycles. The maximum absolute atomic E-state index is 11.4. The van der Waals surface area contributed by atoms with Crippen LogP contribution < -0.4 is 5.43 Å². The van der Waals surface area contributed by atoms with Crippen LogP contribution >= 0.6 is 17.0 Å². The van der Waals surface area contributed by atoms with Gasteiger partial charge < -0.3 is 14.0 Å². The predicted molar refractivity (Wildman–Crippen MR) is 100 cm³/mol. The Labute approximate surface area is 150 Å². The first kappa shape index (κ1) is 22.2. The monoisotopic (exact) mass is 390 g/mol. The van der Waals surface area contributed by atoms with Crippen molar-refractivity contribution in [1.82, 2.24) is 0 Å². The van der Waals surface area contributed by atoms with Gasteiger partial charge in [0.1, 0.15) is 12.8 Å². The molecule has 4 nitrogen and oxygen atoms in total. The van der Waals surface area contributed by atoms with Gasteiger partial charge in [-0.15, -0.1) is 17.0 Å². The van der Waals surface area contributed by atoms with E-state index in [1.54, 1.807) is 0 Å². The topological polar surface area (TPSA) is 50.4 Å². The van der Waals surface area contributed by atoms with E-state index in [0.717, 1.165) is 17.3 Å². The Kier molecular flexibility index (Phi) is 11.3. The molecule has 23 heavy (non-hydrogen) atoms. The standard InChI is InChI=1S/C18H31NO3.BrH/c1-4-5-6-7-8-9-10-11-12-19(2,3)14-16-13-17(20)18(21)15-22-16;/h13,15H,4-12,14H2,1-3H3;1H/p+1. The van der Waals surface area contributed by atoms with Crippen molar-refractivity contribution < 1.29 is 14.0 Å². The minimum absolute atomic E-state index is 0. The second kappa shape index (κ2) is 11.7. The molecule has 0 saturated carbocycles. The quantitative estimate of drug-likeness (QED) is 0.442. The molecule has 1 heterocycles. The maximum atomic E-state index is 11.4. The van der Waals surface area contributed by atoms with Crippen molar-refractivity contribution in [2.75, 3.05) is 20.6 Å². The van der Waals surface area contributed by atoms with Gasteiger partial charge >= 0.3 is 0 Å². The zero-order valence-corrected chi connectivity index (χ0v) is 16.6. The number of unbranched alkanes of at least 4 members (excludes halogenated alkanes) is 7. The van der Waals surface area contributed by atoms with Crippen LogP contribution in [-0.4, -0.2) is 30.2 Å². The molecule has 1 rings (SSSR count). The Balaban J connectivity index is 0.00000484. The third kappa shape index (κ3) is 9.82. The molecule has 0 unspecified atom stereocenters. The van der Waals surface area contributed by atoms with Gasteiger partial charge in [-0.1, -0.05) is 45.4 Å². The van der Waals surface area contributed by atoms with E-state index in [0.29, 0.717) is 12.3 Å². The van der Waals surface area contributed by atoms with Crippen molar-refractivity contribution in [1.29, 1.82) is 0 Å². The van der Waals surface area contributed by atoms with Gasteiger partial charge in [0.15, 0.2) is 11.5 Å². The molecular formula is C18H33BrNO3+. The Bertz CT molecular complexity index is 485. The Hall–Kier alpha value is -0.810. The molecule has 0 bridgehead atoms. The van der Waals surface area contributed by atoms with Crippen LogP contribution in [0.5, 0.6) is 5.75 Å². The first-order chi connectivity index (χ1) is 10.4. The molecule has 0 aliphatic rings. The normalized spacial score (nSPS) is 11.3. The zero-order valence-electron chi connectivity index (χ0n) is 14.8. The SMILES string of the molecule is Br.CCCCCCCCCC[N+](C)(C)Cc1cc(=O)c(O)co1. The molecule has 0 spiro atoms. The largest absolute Gasteiger partial charge is 0.502 e. The van der Waals surface area contributed by atoms with Gasteiger partial charge in [0.05, 0.1) is 20.6 Å². The van der Waals surface area contributed by atoms with Crippen LogP contribution in [0.15, 0.2) is 21.5 Å². The summed E-state index contributed by atoms with van der Waals surface area (Å²) in [5.74, 6) is 0.310. The van der Waals surface area contributed by atoms with Crippen molar-refractivity contribution in [2.45, 2.75) is 64.8 Å². The lowest BCUT2D eigenvalue weighted by Crippen LogP contribution is -2.39. The van der Waals surface area contributed by atoms with Crippen molar-refractivity contribution in [3.05, 3.63) is 28.3 Å². The molecule has 0 amide bonds. The fourth-order valence-corrected chi connectivity index (χ4v) is 2.70. The average molecular weight is 391 g/mol. The van der Waals surface area contributed by atoms with E-state index < -0.39 is 0 Å². The molecule has 0 aliphatic heterocycles. The summed E-state index contributed by atoms with van der Waals surface area (Å²) in [5, 5.41) is 9.21. The smallest absolute Gasteiger partial charge is 0.226 e. The highest BCUT2D eigenvalue weighted by atomic mass is 79.9. The highest BCUT2D eigenvalue weighted by Gasteiger charge is 2.17. The predicted octanol–water partition coefficient (Wildman–Crippen LogP) is 4.64. The summed E-state index contributed by atoms with van der Waals surface area (Å²) in [5.41, 5.74) is -0.367. The van der Waals surface area contributed by atoms with E-state index in [2.05, 4.69) is 21.0 Å². The van der Waals surface area contributed by atoms with Gasteiger partial charge in [-0.3, -0.25) is 4.79 Å². The van der Waals surface area contributed by atoms with Crippen LogP contribution in [0.3, 0.4) is 0 Å². The molecule has 0 atom stereocenters. The van der Waals surface area contributed by atoms with E-state index >= 15 is 0 Å². The van der Waals surface area contributed by atoms with E-state index in [1.807, 2.05) is 0 Å². The molecule has 0 fully saturated rings. The Morgan fingerprint density at radius 3 is 2.17 bits per heavy atom. The lowest BCUT2D eigenvalue weighted by atomic mass is 10.1. The number of quaternary nitrogens is 1. The van der Waals surface area contributed by atoms with E-state index in [4.69, 9.17) is 4.42 Å². The summed E-state index contributed by atoms with van der Waals surface area (Å²) in [4.78, 5) is 11.4. The lowest BCUT2D eigenvalue weighted by Gasteiger charge is -2.29. The summed E-state index contributed by atoms with van der Waals surface area (Å²) in [7, 11) is 4.29. The summed E-state index contributed by atoms with van der Waals surface area (Å²) < 4.78 is 6.09. The second-order valence-corrected chi connectivity index (χ2v) is 6.89. The minimum Gasteiger partial charge on any atom is -0.502 e. The Morgan fingerprint density at radius 1 is 1.04 bits per heavy atom. The molecule has 134 valence electrons. The molecule has 1 N–H and O–H groups in total. The summed E-state index contributed by atoms with van der Waals surface area (Å²) in [6.45, 7) is 3.99. The average Bonchev–Trinajstić information content (AvgIpc) is 2.45. The molecule has 1 aromatic heterocycles. The van der Waals surface area contributed by atoms with Gasteiger partial charge in [-0.2, -0.15) is 0 Å². The van der Waals surface area contributed by atoms with Gasteiger partial charge in [-0.25, -0.2) is 0 Å². The van der Waals surface area contributed by atoms with E-state index in [1.165, 1.54) is 57.4 Å². The third-order valence-electron chi connectivity index (χ3n) is 4.07. The zero-order chi connectivity index (χ0) is 16.4. The summed E-state index contributed by atoms with van der Waals surface area (Å²) in [6.07, 6.45) is 11.7. The second-order valence-electron chi connectivity index (χ2n) is 6.89. The van der Waals surface area contributed by atoms with Crippen molar-refractivity contribution in [3.63, 3.8) is 0 Å². The number of halogens is 1. The van der Waals surface area contributed by atoms with Crippen LogP contribution in [0.1, 0.15) is 64.1 Å². The molecular weight excluding hydrogens is 358 g/mol. The van der Waals surface area contributed by atoms with Gasteiger partial charge in [-0.05, 0) is 12.8 Å². The number of hydrogen-bond acceptors (Lipinski definition) is 3. The van der Waals surface area contributed by atoms with Crippen molar-refractivity contribution in [2.24, 2.45) is 0 Å². The van der Waals surface area contributed by atoms with Gasteiger partial charge in [0, 0.05) is 6.07 Å². The van der Waals surface area contributed by atoms with E-state index in [9.17, 15) is 9.90 Å². The van der Waals surface area contributed by atoms with Crippen molar-refractivity contribution in [3.8, 4) is 5.75 Å². The highest BCUT2D eigenvalue weighted by Crippen LogP contribution is 2.13. The number of rotatable bonds is 11. The lowest BCUT2D eigenvalue weighted by molar-refractivity contribution is -0.904. The van der Waals surface area contributed by atoms with Crippen LogP contribution in [0.2, 0.25) is 0 Å². The van der Waals surface area contributed by atoms with Crippen LogP contribution in [0.4, 0.5) is 0 Å². The minimum atomic E-state index is -0.367. The van der Waals surface area contributed by atoms with Gasteiger partial charge in [0.2, 0.25) is 5.43 Å². The van der Waals surface area contributed by atoms with Crippen LogP contribution in [0, 0.1) is 0 Å². The third-order valence-corrected chi connectivity index (χ3v) is 4.07. The highest BCUT2D eigenvalue weighted by molar-refractivity contribution is 8.93. The summed E-state index contributed by atoms with van der Waals surface area (Å²) in [6, 6.07) is 1.39. The molecule has 5 heteroatoms. The number of nitrogens with zero attached hydrogens (tertiary/aromatic N) is 1. The molecule has 0 radical (unpaired) electrons. The van der Waals surface area contributed by atoms with Gasteiger partial charge in [0.25, 0.3) is 0 Å². The maximum Gasteiger partial charge on any atom is 0.226 e. The molecule has 1 aromatic rings. The van der Waals surface area contributed by atoms with Crippen molar-refractivity contribution >= 4 is 17.0 Å². The number of aromatic hydroxyl groups is 1. The summed E-state index contributed by atoms with van der Waals surface area (Å²) >= 11 is 0. The molecule has 0 aromatic carbocycles. The van der Waals surface area contributed by atoms with Crippen LogP contribution in [0.25, 0.3) is 0 Å². The first-order valence-corrected chi connectivity index (χ1v) is 8.57. The fourth-order valence-electron chi connectivity index (χ4n) is 2.70. The first-order valence-electron chi connectivity index (χ1n) is 8.57. The molecule has 0 aliphatic carbocycles. The van der Waals surface area contributed by atoms with E-state index in [-0.39, 0.29) is 28.2 Å². The number of hydrogen-bond donors (Lipinski definition) is 1. The Morgan fingerprint density at radius 2 is 1.61 bits per heavy atom. The fraction of sp³-hybridized carbons (Fsp3) is 0.722.